The van der Waals surface area contributed by atoms with Crippen LogP contribution >= 0.6 is 0 Å². The van der Waals surface area contributed by atoms with Crippen LogP contribution in [-0.4, -0.2) is 36.0 Å². The van der Waals surface area contributed by atoms with Crippen LogP contribution in [0.1, 0.15) is 47.0 Å². The van der Waals surface area contributed by atoms with Crippen LogP contribution in [0.25, 0.3) is 0 Å². The average Bonchev–Trinajstić information content (AvgIpc) is 2.87. The molecule has 4 nitrogen and oxygen atoms in total. The van der Waals surface area contributed by atoms with E-state index < -0.39 is 6.10 Å². The molecule has 1 heterocycles. The Hall–Kier alpha value is -0.870. The fourth-order valence-corrected chi connectivity index (χ4v) is 4.80. The van der Waals surface area contributed by atoms with Gasteiger partial charge in [0.05, 0.1) is 17.3 Å². The Balaban J connectivity index is 2.04. The molecule has 0 aromatic heterocycles. The van der Waals surface area contributed by atoms with Crippen molar-refractivity contribution in [2.75, 3.05) is 13.2 Å². The number of hydrogen-bond acceptors (Lipinski definition) is 4. The molecular formula is C17H26O4. The van der Waals surface area contributed by atoms with Crippen molar-refractivity contribution in [1.29, 1.82) is 0 Å². The van der Waals surface area contributed by atoms with E-state index in [1.54, 1.807) is 0 Å². The maximum Gasteiger partial charge on any atom is 0.337 e. The third-order valence-electron chi connectivity index (χ3n) is 5.58. The standard InChI is InChI=1S/C17H26O4/c1-5-21-17(4)6-10-9-20-15(19)13(10)14(18)11-7-16(2,3)8-12(11)17/h11-12,14,18H,5-9H2,1-4H3/t11-,12+,14+,17+/m1/s1. The van der Waals surface area contributed by atoms with E-state index in [9.17, 15) is 9.90 Å². The highest BCUT2D eigenvalue weighted by molar-refractivity contribution is 5.93. The SMILES string of the molecule is CCO[C@@]1(C)CC2=C(C(=O)OC2)[C@@H](O)[C@@H]2CC(C)(C)C[C@@H]21. The first kappa shape index (κ1) is 15.0. The molecule has 4 heteroatoms. The van der Waals surface area contributed by atoms with E-state index in [2.05, 4.69) is 20.8 Å². The molecule has 0 amide bonds. The van der Waals surface area contributed by atoms with Crippen LogP contribution in [-0.2, 0) is 14.3 Å². The molecule has 3 rings (SSSR count). The maximum atomic E-state index is 12.0. The van der Waals surface area contributed by atoms with Crippen LogP contribution < -0.4 is 0 Å². The van der Waals surface area contributed by atoms with E-state index in [4.69, 9.17) is 9.47 Å². The third-order valence-corrected chi connectivity index (χ3v) is 5.58. The molecule has 2 aliphatic carbocycles. The van der Waals surface area contributed by atoms with Crippen molar-refractivity contribution >= 4 is 5.97 Å². The Bertz CT molecular complexity index is 493. The quantitative estimate of drug-likeness (QED) is 0.795. The number of ether oxygens (including phenoxy) is 2. The number of fused-ring (bicyclic) bond motifs is 1. The van der Waals surface area contributed by atoms with Gasteiger partial charge >= 0.3 is 5.97 Å². The van der Waals surface area contributed by atoms with E-state index in [0.29, 0.717) is 25.2 Å². The molecule has 0 bridgehead atoms. The van der Waals surface area contributed by atoms with Crippen LogP contribution in [0.5, 0.6) is 0 Å². The summed E-state index contributed by atoms with van der Waals surface area (Å²) in [5.74, 6) is 0.0252. The topological polar surface area (TPSA) is 55.8 Å². The normalized spacial score (nSPS) is 41.6. The van der Waals surface area contributed by atoms with E-state index in [-0.39, 0.29) is 28.8 Å². The molecule has 0 aromatic rings. The minimum Gasteiger partial charge on any atom is -0.458 e. The van der Waals surface area contributed by atoms with E-state index in [1.165, 1.54) is 0 Å². The van der Waals surface area contributed by atoms with Gasteiger partial charge in [0.1, 0.15) is 6.61 Å². The van der Waals surface area contributed by atoms with Gasteiger partial charge in [-0.2, -0.15) is 0 Å². The highest BCUT2D eigenvalue weighted by Gasteiger charge is 2.55. The lowest BCUT2D eigenvalue weighted by Crippen LogP contribution is -2.42. The number of aliphatic hydroxyl groups excluding tert-OH is 1. The first-order chi connectivity index (χ1) is 9.77. The average molecular weight is 294 g/mol. The fourth-order valence-electron chi connectivity index (χ4n) is 4.80. The fraction of sp³-hybridized carbons (Fsp3) is 0.824. The molecule has 0 spiro atoms. The van der Waals surface area contributed by atoms with Crippen LogP contribution in [0.2, 0.25) is 0 Å². The summed E-state index contributed by atoms with van der Waals surface area (Å²) < 4.78 is 11.3. The molecule has 3 aliphatic rings. The van der Waals surface area contributed by atoms with Gasteiger partial charge in [-0.15, -0.1) is 0 Å². The maximum absolute atomic E-state index is 12.0. The molecule has 0 aromatic carbocycles. The molecule has 1 fully saturated rings. The van der Waals surface area contributed by atoms with Gasteiger partial charge in [-0.05, 0) is 49.5 Å². The highest BCUT2D eigenvalue weighted by Crippen LogP contribution is 2.56. The Labute approximate surface area is 126 Å². The van der Waals surface area contributed by atoms with Crippen molar-refractivity contribution in [1.82, 2.24) is 0 Å². The highest BCUT2D eigenvalue weighted by atomic mass is 16.5. The largest absolute Gasteiger partial charge is 0.458 e. The number of esters is 1. The Morgan fingerprint density at radius 1 is 1.33 bits per heavy atom. The molecule has 1 saturated carbocycles. The number of hydrogen-bond donors (Lipinski definition) is 1. The van der Waals surface area contributed by atoms with Crippen LogP contribution in [0.15, 0.2) is 11.1 Å². The molecule has 1 aliphatic heterocycles. The summed E-state index contributed by atoms with van der Waals surface area (Å²) in [7, 11) is 0. The Morgan fingerprint density at radius 2 is 2.05 bits per heavy atom. The summed E-state index contributed by atoms with van der Waals surface area (Å²) in [4.78, 5) is 12.0. The second-order valence-electron chi connectivity index (χ2n) is 7.80. The van der Waals surface area contributed by atoms with Gasteiger partial charge in [0, 0.05) is 13.0 Å². The molecule has 21 heavy (non-hydrogen) atoms. The predicted octanol–water partition coefficient (Wildman–Crippen LogP) is 2.45. The second-order valence-corrected chi connectivity index (χ2v) is 7.80. The van der Waals surface area contributed by atoms with Gasteiger partial charge in [0.2, 0.25) is 0 Å². The van der Waals surface area contributed by atoms with Crippen LogP contribution in [0, 0.1) is 17.3 Å². The summed E-state index contributed by atoms with van der Waals surface area (Å²) in [6.07, 6.45) is 1.94. The molecule has 4 atom stereocenters. The van der Waals surface area contributed by atoms with Crippen molar-refractivity contribution in [3.63, 3.8) is 0 Å². The van der Waals surface area contributed by atoms with Gasteiger partial charge in [-0.1, -0.05) is 13.8 Å². The van der Waals surface area contributed by atoms with Crippen LogP contribution in [0.3, 0.4) is 0 Å². The summed E-state index contributed by atoms with van der Waals surface area (Å²) in [5, 5.41) is 10.8. The summed E-state index contributed by atoms with van der Waals surface area (Å²) in [5.41, 5.74) is 1.32. The minimum atomic E-state index is -0.705. The van der Waals surface area contributed by atoms with Crippen molar-refractivity contribution < 1.29 is 19.4 Å². The van der Waals surface area contributed by atoms with Gasteiger partial charge in [-0.3, -0.25) is 0 Å². The Morgan fingerprint density at radius 3 is 2.71 bits per heavy atom. The molecule has 0 unspecified atom stereocenters. The summed E-state index contributed by atoms with van der Waals surface area (Å²) in [6.45, 7) is 9.59. The van der Waals surface area contributed by atoms with Crippen LogP contribution in [0.4, 0.5) is 0 Å². The van der Waals surface area contributed by atoms with Crippen molar-refractivity contribution in [2.24, 2.45) is 17.3 Å². The second kappa shape index (κ2) is 4.82. The van der Waals surface area contributed by atoms with Crippen molar-refractivity contribution in [3.8, 4) is 0 Å². The minimum absolute atomic E-state index is 0.0784. The van der Waals surface area contributed by atoms with Gasteiger partial charge in [0.25, 0.3) is 0 Å². The lowest BCUT2D eigenvalue weighted by molar-refractivity contribution is -0.138. The smallest absolute Gasteiger partial charge is 0.337 e. The zero-order valence-corrected chi connectivity index (χ0v) is 13.4. The molecule has 118 valence electrons. The summed E-state index contributed by atoms with van der Waals surface area (Å²) in [6, 6.07) is 0. The molecule has 1 N–H and O–H groups in total. The number of rotatable bonds is 2. The number of carbonyl (C=O) groups excluding carboxylic acids is 1. The molecular weight excluding hydrogens is 268 g/mol. The lowest BCUT2D eigenvalue weighted by atomic mass is 9.77. The van der Waals surface area contributed by atoms with E-state index in [0.717, 1.165) is 18.4 Å². The summed E-state index contributed by atoms with van der Waals surface area (Å²) >= 11 is 0. The number of carbonyl (C=O) groups is 1. The molecule has 0 saturated heterocycles. The number of cyclic esters (lactones) is 1. The van der Waals surface area contributed by atoms with E-state index >= 15 is 0 Å². The Kier molecular flexibility index (Phi) is 3.45. The predicted molar refractivity (Wildman–Crippen MR) is 78.6 cm³/mol. The number of aliphatic hydroxyl groups is 1. The van der Waals surface area contributed by atoms with Gasteiger partial charge in [-0.25, -0.2) is 4.79 Å². The van der Waals surface area contributed by atoms with Crippen molar-refractivity contribution in [2.45, 2.75) is 58.7 Å². The molecule has 0 radical (unpaired) electrons. The van der Waals surface area contributed by atoms with Gasteiger partial charge in [0.15, 0.2) is 0 Å². The zero-order chi connectivity index (χ0) is 15.4. The lowest BCUT2D eigenvalue weighted by Gasteiger charge is -2.38. The zero-order valence-electron chi connectivity index (χ0n) is 13.4. The third kappa shape index (κ3) is 2.33. The first-order valence-corrected chi connectivity index (χ1v) is 7.98. The monoisotopic (exact) mass is 294 g/mol. The van der Waals surface area contributed by atoms with Crippen molar-refractivity contribution in [3.05, 3.63) is 11.1 Å². The first-order valence-electron chi connectivity index (χ1n) is 7.98. The van der Waals surface area contributed by atoms with Gasteiger partial charge < -0.3 is 14.6 Å². The van der Waals surface area contributed by atoms with E-state index in [1.807, 2.05) is 6.92 Å².